The highest BCUT2D eigenvalue weighted by molar-refractivity contribution is 4.72. The monoisotopic (exact) mass is 197 g/mol. The third-order valence-corrected chi connectivity index (χ3v) is 3.46. The van der Waals surface area contributed by atoms with Crippen LogP contribution in [0.5, 0.6) is 0 Å². The van der Waals surface area contributed by atoms with E-state index in [9.17, 15) is 0 Å². The largest absolute Gasteiger partial charge is 0.301 e. The minimum Gasteiger partial charge on any atom is -0.301 e. The summed E-state index contributed by atoms with van der Waals surface area (Å²) in [7, 11) is 0. The van der Waals surface area contributed by atoms with Crippen LogP contribution in [0.15, 0.2) is 0 Å². The van der Waals surface area contributed by atoms with Crippen molar-refractivity contribution in [2.75, 3.05) is 13.1 Å². The molecule has 0 unspecified atom stereocenters. The maximum atomic E-state index is 2.66. The lowest BCUT2D eigenvalue weighted by Crippen LogP contribution is -2.36. The molecular weight excluding hydrogens is 170 g/mol. The van der Waals surface area contributed by atoms with Crippen molar-refractivity contribution in [3.8, 4) is 0 Å². The highest BCUT2D eigenvalue weighted by Gasteiger charge is 2.18. The summed E-state index contributed by atoms with van der Waals surface area (Å²) >= 11 is 0. The van der Waals surface area contributed by atoms with Crippen LogP contribution in [0.1, 0.15) is 59.3 Å². The van der Waals surface area contributed by atoms with Gasteiger partial charge < -0.3 is 4.90 Å². The van der Waals surface area contributed by atoms with E-state index < -0.39 is 0 Å². The average molecular weight is 197 g/mol. The zero-order chi connectivity index (χ0) is 10.4. The molecule has 1 saturated carbocycles. The van der Waals surface area contributed by atoms with Crippen LogP contribution < -0.4 is 0 Å². The number of nitrogens with zero attached hydrogens (tertiary/aromatic N) is 1. The summed E-state index contributed by atoms with van der Waals surface area (Å²) in [5, 5.41) is 0. The molecule has 1 rings (SSSR count). The summed E-state index contributed by atoms with van der Waals surface area (Å²) in [6, 6.07) is 0.733. The average Bonchev–Trinajstić information content (AvgIpc) is 2.18. The lowest BCUT2D eigenvalue weighted by molar-refractivity contribution is 0.166. The molecule has 1 fully saturated rings. The Balaban J connectivity index is 2.29. The molecule has 1 heteroatoms. The third-order valence-electron chi connectivity index (χ3n) is 3.46. The van der Waals surface area contributed by atoms with Crippen LogP contribution >= 0.6 is 0 Å². The predicted molar refractivity (Wildman–Crippen MR) is 63.6 cm³/mol. The molecule has 84 valence electrons. The van der Waals surface area contributed by atoms with Crippen molar-refractivity contribution in [2.24, 2.45) is 5.92 Å². The lowest BCUT2D eigenvalue weighted by Gasteiger charge is -2.32. The van der Waals surface area contributed by atoms with Crippen molar-refractivity contribution in [3.63, 3.8) is 0 Å². The Kier molecular flexibility index (Phi) is 5.54. The van der Waals surface area contributed by atoms with Gasteiger partial charge in [0.2, 0.25) is 0 Å². The molecule has 1 nitrogen and oxygen atoms in total. The van der Waals surface area contributed by atoms with Crippen molar-refractivity contribution >= 4 is 0 Å². The zero-order valence-corrected chi connectivity index (χ0v) is 10.3. The number of rotatable bonds is 5. The van der Waals surface area contributed by atoms with Crippen LogP contribution in [0.3, 0.4) is 0 Å². The van der Waals surface area contributed by atoms with E-state index in [1.165, 1.54) is 51.6 Å². The van der Waals surface area contributed by atoms with E-state index in [4.69, 9.17) is 0 Å². The molecule has 0 aromatic rings. The van der Waals surface area contributed by atoms with Gasteiger partial charge in [-0.1, -0.05) is 26.2 Å². The van der Waals surface area contributed by atoms with Gasteiger partial charge in [0.1, 0.15) is 0 Å². The molecule has 0 radical (unpaired) electrons. The van der Waals surface area contributed by atoms with E-state index >= 15 is 0 Å². The van der Waals surface area contributed by atoms with Crippen molar-refractivity contribution < 1.29 is 0 Å². The fourth-order valence-electron chi connectivity index (χ4n) is 2.55. The second-order valence-corrected chi connectivity index (χ2v) is 5.09. The van der Waals surface area contributed by atoms with Crippen molar-refractivity contribution in [1.29, 1.82) is 0 Å². The Bertz CT molecular complexity index is 136. The summed E-state index contributed by atoms with van der Waals surface area (Å²) < 4.78 is 0. The highest BCUT2D eigenvalue weighted by Crippen LogP contribution is 2.24. The molecule has 1 aliphatic carbocycles. The maximum absolute atomic E-state index is 2.66. The normalized spacial score (nSPS) is 19.5. The molecule has 14 heavy (non-hydrogen) atoms. The molecule has 1 aliphatic rings. The van der Waals surface area contributed by atoms with Gasteiger partial charge in [-0.15, -0.1) is 0 Å². The second kappa shape index (κ2) is 6.44. The van der Waals surface area contributed by atoms with Crippen LogP contribution in [0.25, 0.3) is 0 Å². The van der Waals surface area contributed by atoms with Gasteiger partial charge in [-0.05, 0) is 45.6 Å². The molecular formula is C13H27N. The van der Waals surface area contributed by atoms with Crippen LogP contribution in [0, 0.1) is 5.92 Å². The Morgan fingerprint density at radius 2 is 1.79 bits per heavy atom. The van der Waals surface area contributed by atoms with Gasteiger partial charge in [0.05, 0.1) is 0 Å². The van der Waals surface area contributed by atoms with E-state index in [0.717, 1.165) is 12.0 Å². The summed E-state index contributed by atoms with van der Waals surface area (Å²) in [5.74, 6) is 0.998. The number of hydrogen-bond acceptors (Lipinski definition) is 1. The Labute approximate surface area is 89.9 Å². The molecule has 0 amide bonds. The smallest absolute Gasteiger partial charge is 0.00387 e. The molecule has 0 aromatic carbocycles. The topological polar surface area (TPSA) is 3.24 Å². The fraction of sp³-hybridized carbons (Fsp3) is 1.00. The summed E-state index contributed by atoms with van der Waals surface area (Å²) in [6.45, 7) is 9.59. The van der Waals surface area contributed by atoms with Gasteiger partial charge in [0, 0.05) is 12.6 Å². The lowest BCUT2D eigenvalue weighted by atomic mass is 9.88. The molecule has 0 bridgehead atoms. The molecule has 0 atom stereocenters. The van der Waals surface area contributed by atoms with Crippen LogP contribution in [-0.2, 0) is 0 Å². The second-order valence-electron chi connectivity index (χ2n) is 5.09. The Morgan fingerprint density at radius 1 is 1.14 bits per heavy atom. The van der Waals surface area contributed by atoms with E-state index in [2.05, 4.69) is 25.7 Å². The molecule has 0 heterocycles. The molecule has 0 saturated heterocycles. The molecule has 0 spiro atoms. The van der Waals surface area contributed by atoms with Gasteiger partial charge in [0.15, 0.2) is 0 Å². The van der Waals surface area contributed by atoms with Crippen LogP contribution in [0.2, 0.25) is 0 Å². The van der Waals surface area contributed by atoms with Gasteiger partial charge in [-0.25, -0.2) is 0 Å². The van der Waals surface area contributed by atoms with Crippen molar-refractivity contribution in [1.82, 2.24) is 4.90 Å². The molecule has 0 aliphatic heterocycles. The SMILES string of the molecule is CCCN(CC1CCCCC1)C(C)C. The van der Waals surface area contributed by atoms with Crippen molar-refractivity contribution in [2.45, 2.75) is 65.3 Å². The fourth-order valence-corrected chi connectivity index (χ4v) is 2.55. The van der Waals surface area contributed by atoms with Gasteiger partial charge in [-0.2, -0.15) is 0 Å². The predicted octanol–water partition coefficient (Wildman–Crippen LogP) is 3.69. The van der Waals surface area contributed by atoms with Crippen molar-refractivity contribution in [3.05, 3.63) is 0 Å². The third kappa shape index (κ3) is 4.00. The minimum atomic E-state index is 0.733. The summed E-state index contributed by atoms with van der Waals surface area (Å²) in [5.41, 5.74) is 0. The Morgan fingerprint density at radius 3 is 2.29 bits per heavy atom. The Hall–Kier alpha value is -0.0400. The van der Waals surface area contributed by atoms with E-state index in [0.29, 0.717) is 0 Å². The van der Waals surface area contributed by atoms with E-state index in [1.807, 2.05) is 0 Å². The van der Waals surface area contributed by atoms with E-state index in [1.54, 1.807) is 0 Å². The maximum Gasteiger partial charge on any atom is 0.00387 e. The standard InChI is InChI=1S/C13H27N/c1-4-10-14(12(2)3)11-13-8-6-5-7-9-13/h12-13H,4-11H2,1-3H3. The molecule has 0 N–H and O–H groups in total. The number of hydrogen-bond donors (Lipinski definition) is 0. The summed E-state index contributed by atoms with van der Waals surface area (Å²) in [4.78, 5) is 2.66. The zero-order valence-electron chi connectivity index (χ0n) is 10.3. The van der Waals surface area contributed by atoms with Gasteiger partial charge >= 0.3 is 0 Å². The molecule has 0 aromatic heterocycles. The summed E-state index contributed by atoms with van der Waals surface area (Å²) in [6.07, 6.45) is 8.68. The van der Waals surface area contributed by atoms with Gasteiger partial charge in [0.25, 0.3) is 0 Å². The first kappa shape index (κ1) is 12.0. The first-order valence-electron chi connectivity index (χ1n) is 6.48. The van der Waals surface area contributed by atoms with Crippen LogP contribution in [-0.4, -0.2) is 24.0 Å². The van der Waals surface area contributed by atoms with E-state index in [-0.39, 0.29) is 0 Å². The first-order chi connectivity index (χ1) is 6.74. The van der Waals surface area contributed by atoms with Gasteiger partial charge in [-0.3, -0.25) is 0 Å². The van der Waals surface area contributed by atoms with Crippen LogP contribution in [0.4, 0.5) is 0 Å². The quantitative estimate of drug-likeness (QED) is 0.650. The first-order valence-corrected chi connectivity index (χ1v) is 6.48. The highest BCUT2D eigenvalue weighted by atomic mass is 15.1. The minimum absolute atomic E-state index is 0.733.